The number of amides is 2. The van der Waals surface area contributed by atoms with Gasteiger partial charge >= 0.3 is 6.18 Å². The van der Waals surface area contributed by atoms with Crippen LogP contribution in [-0.4, -0.2) is 61.2 Å². The number of hydrogen-bond acceptors (Lipinski definition) is 6. The number of hydrogen-bond donors (Lipinski definition) is 2. The average molecular weight is 644 g/mol. The van der Waals surface area contributed by atoms with E-state index in [2.05, 4.69) is 20.5 Å². The molecule has 0 radical (unpaired) electrons. The second-order valence-corrected chi connectivity index (χ2v) is 10.3. The summed E-state index contributed by atoms with van der Waals surface area (Å²) in [6.45, 7) is 3.50. The average Bonchev–Trinajstić information content (AvgIpc) is 2.93. The Morgan fingerprint density at radius 1 is 1.00 bits per heavy atom. The number of pyridine rings is 1. The topological polar surface area (TPSA) is 92.8 Å². The van der Waals surface area contributed by atoms with Crippen LogP contribution in [0.1, 0.15) is 11.1 Å². The van der Waals surface area contributed by atoms with Gasteiger partial charge in [-0.1, -0.05) is 40.9 Å². The molecule has 4 rings (SSSR count). The van der Waals surface area contributed by atoms with Gasteiger partial charge in [-0.05, 0) is 48.5 Å². The fourth-order valence-corrected chi connectivity index (χ4v) is 4.72. The Kier molecular flexibility index (Phi) is 10.7. The van der Waals surface area contributed by atoms with Gasteiger partial charge in [-0.15, -0.1) is 0 Å². The zero-order valence-corrected chi connectivity index (χ0v) is 24.1. The lowest BCUT2D eigenvalue weighted by Gasteiger charge is -2.26. The number of ether oxygens (including phenoxy) is 2. The van der Waals surface area contributed by atoms with E-state index in [0.29, 0.717) is 19.8 Å². The molecule has 0 saturated carbocycles. The number of aromatic nitrogens is 1. The molecule has 3 aromatic rings. The van der Waals surface area contributed by atoms with Gasteiger partial charge < -0.3 is 20.1 Å². The first-order valence-corrected chi connectivity index (χ1v) is 13.7. The standard InChI is InChI=1S/C28H24Cl3F3N4O4/c29-19-12-17(25(23(30)15-19)42-11-8-38-6-9-41-10-7-38)13-22(27(40)37-21-4-5-35-24(31)16-21)26(39)36-20-3-1-2-18(14-20)28(32,33)34/h1-5,12-16H,6-11H2,(H,36,39)(H,35,37,40). The molecule has 0 aliphatic carbocycles. The van der Waals surface area contributed by atoms with E-state index < -0.39 is 29.1 Å². The number of anilines is 2. The van der Waals surface area contributed by atoms with Crippen molar-refractivity contribution in [3.63, 3.8) is 0 Å². The van der Waals surface area contributed by atoms with Gasteiger partial charge in [0.05, 0.1) is 23.8 Å². The Balaban J connectivity index is 1.67. The minimum atomic E-state index is -4.64. The number of carbonyl (C=O) groups excluding carboxylic acids is 2. The lowest BCUT2D eigenvalue weighted by Crippen LogP contribution is -2.38. The van der Waals surface area contributed by atoms with Crippen molar-refractivity contribution < 1.29 is 32.2 Å². The van der Waals surface area contributed by atoms with Crippen LogP contribution in [-0.2, 0) is 20.5 Å². The van der Waals surface area contributed by atoms with Crippen LogP contribution in [0, 0.1) is 0 Å². The molecule has 1 saturated heterocycles. The monoisotopic (exact) mass is 642 g/mol. The van der Waals surface area contributed by atoms with Crippen LogP contribution in [0.4, 0.5) is 24.5 Å². The number of nitrogens with zero attached hydrogens (tertiary/aromatic N) is 2. The van der Waals surface area contributed by atoms with E-state index in [1.165, 1.54) is 42.6 Å². The first kappa shape index (κ1) is 31.6. The van der Waals surface area contributed by atoms with Crippen molar-refractivity contribution in [2.75, 3.05) is 50.1 Å². The fraction of sp³-hybridized carbons (Fsp3) is 0.250. The largest absolute Gasteiger partial charge is 0.490 e. The molecule has 2 heterocycles. The smallest absolute Gasteiger partial charge is 0.416 e. The van der Waals surface area contributed by atoms with Gasteiger partial charge in [0.2, 0.25) is 0 Å². The predicted molar refractivity (Wildman–Crippen MR) is 155 cm³/mol. The number of alkyl halides is 3. The molecule has 1 fully saturated rings. The van der Waals surface area contributed by atoms with Crippen molar-refractivity contribution in [1.29, 1.82) is 0 Å². The van der Waals surface area contributed by atoms with Gasteiger partial charge in [-0.3, -0.25) is 14.5 Å². The first-order valence-electron chi connectivity index (χ1n) is 12.5. The third-order valence-electron chi connectivity index (χ3n) is 6.02. The second kappa shape index (κ2) is 14.2. The number of morpholine rings is 1. The maximum Gasteiger partial charge on any atom is 0.416 e. The van der Waals surface area contributed by atoms with Crippen LogP contribution in [0.25, 0.3) is 6.08 Å². The number of benzene rings is 2. The van der Waals surface area contributed by atoms with Crippen LogP contribution in [0.5, 0.6) is 5.75 Å². The summed E-state index contributed by atoms with van der Waals surface area (Å²) < 4.78 is 51.0. The maximum absolute atomic E-state index is 13.4. The van der Waals surface area contributed by atoms with Crippen LogP contribution in [0.3, 0.4) is 0 Å². The Morgan fingerprint density at radius 2 is 1.69 bits per heavy atom. The summed E-state index contributed by atoms with van der Waals surface area (Å²) >= 11 is 18.6. The third kappa shape index (κ3) is 8.83. The van der Waals surface area contributed by atoms with Crippen molar-refractivity contribution in [2.45, 2.75) is 6.18 Å². The van der Waals surface area contributed by atoms with E-state index in [-0.39, 0.29) is 44.5 Å². The van der Waals surface area contributed by atoms with Gasteiger partial charge in [0.25, 0.3) is 11.8 Å². The molecule has 0 spiro atoms. The molecule has 1 aliphatic rings. The Bertz CT molecular complexity index is 1480. The molecule has 2 aromatic carbocycles. The first-order chi connectivity index (χ1) is 20.0. The van der Waals surface area contributed by atoms with Gasteiger partial charge in [-0.2, -0.15) is 13.2 Å². The van der Waals surface area contributed by atoms with Crippen molar-refractivity contribution in [3.05, 3.63) is 86.6 Å². The van der Waals surface area contributed by atoms with Gasteiger partial charge in [0.1, 0.15) is 23.1 Å². The SMILES string of the molecule is O=C(Nc1cccc(C(F)(F)F)c1)C(=Cc1cc(Cl)cc(Cl)c1OCCN1CCOCC1)C(=O)Nc1ccnc(Cl)c1. The molecule has 1 aromatic heterocycles. The molecule has 0 unspecified atom stereocenters. The molecular weight excluding hydrogens is 620 g/mol. The van der Waals surface area contributed by atoms with Crippen molar-refractivity contribution in [1.82, 2.24) is 9.88 Å². The molecule has 8 nitrogen and oxygen atoms in total. The van der Waals surface area contributed by atoms with E-state index in [1.54, 1.807) is 0 Å². The quantitative estimate of drug-likeness (QED) is 0.121. The van der Waals surface area contributed by atoms with E-state index in [0.717, 1.165) is 31.3 Å². The van der Waals surface area contributed by atoms with Gasteiger partial charge in [0.15, 0.2) is 0 Å². The summed E-state index contributed by atoms with van der Waals surface area (Å²) in [5.74, 6) is -1.72. The summed E-state index contributed by atoms with van der Waals surface area (Å²) in [5, 5.41) is 5.32. The number of rotatable bonds is 9. The third-order valence-corrected chi connectivity index (χ3v) is 6.72. The van der Waals surface area contributed by atoms with E-state index in [9.17, 15) is 22.8 Å². The molecular formula is C28H24Cl3F3N4O4. The number of carbonyl (C=O) groups is 2. The molecule has 1 aliphatic heterocycles. The van der Waals surface area contributed by atoms with Crippen LogP contribution < -0.4 is 15.4 Å². The van der Waals surface area contributed by atoms with E-state index in [1.807, 2.05) is 0 Å². The minimum absolute atomic E-state index is 0.0873. The summed E-state index contributed by atoms with van der Waals surface area (Å²) in [4.78, 5) is 32.8. The summed E-state index contributed by atoms with van der Waals surface area (Å²) in [7, 11) is 0. The molecule has 0 bridgehead atoms. The fourth-order valence-electron chi connectivity index (χ4n) is 3.98. The number of nitrogens with one attached hydrogen (secondary N) is 2. The highest BCUT2D eigenvalue weighted by molar-refractivity contribution is 6.36. The number of halogens is 6. The van der Waals surface area contributed by atoms with Crippen molar-refractivity contribution in [2.24, 2.45) is 0 Å². The molecule has 2 amide bonds. The Morgan fingerprint density at radius 3 is 2.36 bits per heavy atom. The van der Waals surface area contributed by atoms with Gasteiger partial charge in [0, 0.05) is 47.8 Å². The molecule has 0 atom stereocenters. The van der Waals surface area contributed by atoms with Crippen LogP contribution in [0.2, 0.25) is 15.2 Å². The summed E-state index contributed by atoms with van der Waals surface area (Å²) in [6, 6.07) is 9.73. The normalized spacial score (nSPS) is 14.4. The van der Waals surface area contributed by atoms with Crippen LogP contribution in [0.15, 0.2) is 60.3 Å². The van der Waals surface area contributed by atoms with Crippen molar-refractivity contribution in [3.8, 4) is 5.75 Å². The highest BCUT2D eigenvalue weighted by Gasteiger charge is 2.31. The summed E-state index contributed by atoms with van der Waals surface area (Å²) in [6.07, 6.45) is -2.09. The zero-order chi connectivity index (χ0) is 30.3. The molecule has 222 valence electrons. The van der Waals surface area contributed by atoms with E-state index >= 15 is 0 Å². The maximum atomic E-state index is 13.4. The Labute approximate surface area is 254 Å². The lowest BCUT2D eigenvalue weighted by atomic mass is 10.1. The molecule has 42 heavy (non-hydrogen) atoms. The highest BCUT2D eigenvalue weighted by Crippen LogP contribution is 2.35. The minimum Gasteiger partial charge on any atom is -0.490 e. The van der Waals surface area contributed by atoms with E-state index in [4.69, 9.17) is 44.3 Å². The molecule has 2 N–H and O–H groups in total. The second-order valence-electron chi connectivity index (χ2n) is 9.02. The highest BCUT2D eigenvalue weighted by atomic mass is 35.5. The van der Waals surface area contributed by atoms with Crippen LogP contribution >= 0.6 is 34.8 Å². The lowest BCUT2D eigenvalue weighted by molar-refractivity contribution is -0.137. The van der Waals surface area contributed by atoms with Gasteiger partial charge in [-0.25, -0.2) is 4.98 Å². The predicted octanol–water partition coefficient (Wildman–Crippen LogP) is 6.43. The zero-order valence-electron chi connectivity index (χ0n) is 21.8. The van der Waals surface area contributed by atoms with Crippen molar-refractivity contribution >= 4 is 64.1 Å². The summed E-state index contributed by atoms with van der Waals surface area (Å²) in [5.41, 5.74) is -1.20. The Hall–Kier alpha value is -3.35. The molecule has 14 heteroatoms.